The van der Waals surface area contributed by atoms with Crippen LogP contribution in [0.25, 0.3) is 0 Å². The standard InChI is InChI=1S/C15H12BrCl2NO2/c16-11-5-10(15(20)21)6-13(7-11)19-4-3-9-1-2-12(17)8-14(9)18/h1-2,5-8,19H,3-4H2,(H,20,21). The van der Waals surface area contributed by atoms with Crippen molar-refractivity contribution in [2.45, 2.75) is 6.42 Å². The van der Waals surface area contributed by atoms with Gasteiger partial charge in [0.2, 0.25) is 0 Å². The van der Waals surface area contributed by atoms with E-state index in [0.717, 1.165) is 15.7 Å². The summed E-state index contributed by atoms with van der Waals surface area (Å²) < 4.78 is 0.717. The van der Waals surface area contributed by atoms with E-state index in [4.69, 9.17) is 28.3 Å². The van der Waals surface area contributed by atoms with Crippen LogP contribution in [-0.2, 0) is 6.42 Å². The lowest BCUT2D eigenvalue weighted by Gasteiger charge is -2.09. The molecule has 0 amide bonds. The largest absolute Gasteiger partial charge is 0.478 e. The summed E-state index contributed by atoms with van der Waals surface area (Å²) in [4.78, 5) is 11.0. The second-order valence-electron chi connectivity index (χ2n) is 4.45. The molecule has 2 rings (SSSR count). The Bertz CT molecular complexity index is 677. The predicted octanol–water partition coefficient (Wildman–Crippen LogP) is 5.11. The average molecular weight is 389 g/mol. The van der Waals surface area contributed by atoms with Crippen LogP contribution in [0, 0.1) is 0 Å². The lowest BCUT2D eigenvalue weighted by Crippen LogP contribution is -2.06. The fourth-order valence-electron chi connectivity index (χ4n) is 1.88. The lowest BCUT2D eigenvalue weighted by atomic mass is 10.1. The number of nitrogens with one attached hydrogen (secondary N) is 1. The van der Waals surface area contributed by atoms with Crippen LogP contribution in [0.15, 0.2) is 40.9 Å². The van der Waals surface area contributed by atoms with Gasteiger partial charge in [0.05, 0.1) is 5.56 Å². The SMILES string of the molecule is O=C(O)c1cc(Br)cc(NCCc2ccc(Cl)cc2Cl)c1. The molecule has 0 saturated heterocycles. The quantitative estimate of drug-likeness (QED) is 0.748. The maximum atomic E-state index is 11.0. The number of carbonyl (C=O) groups is 1. The van der Waals surface area contributed by atoms with E-state index in [1.807, 2.05) is 12.1 Å². The monoisotopic (exact) mass is 387 g/mol. The number of carboxylic acid groups (broad SMARTS) is 1. The number of hydrogen-bond acceptors (Lipinski definition) is 2. The third kappa shape index (κ3) is 4.63. The van der Waals surface area contributed by atoms with Crippen molar-refractivity contribution >= 4 is 50.8 Å². The van der Waals surface area contributed by atoms with Crippen LogP contribution < -0.4 is 5.32 Å². The number of anilines is 1. The van der Waals surface area contributed by atoms with Crippen molar-refractivity contribution in [1.29, 1.82) is 0 Å². The van der Waals surface area contributed by atoms with E-state index in [0.29, 0.717) is 23.0 Å². The van der Waals surface area contributed by atoms with E-state index in [1.165, 1.54) is 0 Å². The van der Waals surface area contributed by atoms with Crippen LogP contribution in [0.5, 0.6) is 0 Å². The number of carboxylic acids is 1. The number of rotatable bonds is 5. The number of aromatic carboxylic acids is 1. The summed E-state index contributed by atoms with van der Waals surface area (Å²) in [7, 11) is 0. The molecule has 2 aromatic carbocycles. The summed E-state index contributed by atoms with van der Waals surface area (Å²) >= 11 is 15.3. The molecular formula is C15H12BrCl2NO2. The maximum Gasteiger partial charge on any atom is 0.335 e. The molecule has 0 unspecified atom stereocenters. The Morgan fingerprint density at radius 1 is 1.19 bits per heavy atom. The molecule has 110 valence electrons. The first kappa shape index (κ1) is 16.1. The molecule has 3 nitrogen and oxygen atoms in total. The summed E-state index contributed by atoms with van der Waals surface area (Å²) in [5, 5.41) is 13.4. The molecule has 0 bridgehead atoms. The van der Waals surface area contributed by atoms with Gasteiger partial charge in [0.1, 0.15) is 0 Å². The van der Waals surface area contributed by atoms with E-state index < -0.39 is 5.97 Å². The molecule has 0 aliphatic rings. The van der Waals surface area contributed by atoms with Gasteiger partial charge in [-0.2, -0.15) is 0 Å². The van der Waals surface area contributed by atoms with Crippen LogP contribution in [0.2, 0.25) is 10.0 Å². The summed E-state index contributed by atoms with van der Waals surface area (Å²) in [6.07, 6.45) is 0.713. The van der Waals surface area contributed by atoms with Crippen molar-refractivity contribution in [3.05, 3.63) is 62.0 Å². The molecule has 0 aliphatic heterocycles. The molecule has 0 atom stereocenters. The first-order valence-electron chi connectivity index (χ1n) is 6.17. The Morgan fingerprint density at radius 2 is 1.95 bits per heavy atom. The Kier molecular flexibility index (Phi) is 5.51. The van der Waals surface area contributed by atoms with Crippen molar-refractivity contribution in [3.8, 4) is 0 Å². The van der Waals surface area contributed by atoms with Gasteiger partial charge in [0.25, 0.3) is 0 Å². The van der Waals surface area contributed by atoms with Gasteiger partial charge in [-0.25, -0.2) is 4.79 Å². The minimum absolute atomic E-state index is 0.233. The minimum atomic E-state index is -0.958. The van der Waals surface area contributed by atoms with Gasteiger partial charge in [-0.1, -0.05) is 45.2 Å². The first-order valence-corrected chi connectivity index (χ1v) is 7.72. The van der Waals surface area contributed by atoms with Crippen LogP contribution in [0.4, 0.5) is 5.69 Å². The molecule has 0 saturated carbocycles. The molecule has 0 fully saturated rings. The fraction of sp³-hybridized carbons (Fsp3) is 0.133. The van der Waals surface area contributed by atoms with E-state index in [1.54, 1.807) is 24.3 Å². The smallest absolute Gasteiger partial charge is 0.335 e. The van der Waals surface area contributed by atoms with Gasteiger partial charge in [0.15, 0.2) is 0 Å². The van der Waals surface area contributed by atoms with Crippen molar-refractivity contribution in [3.63, 3.8) is 0 Å². The van der Waals surface area contributed by atoms with Gasteiger partial charge >= 0.3 is 5.97 Å². The average Bonchev–Trinajstić information content (AvgIpc) is 2.40. The van der Waals surface area contributed by atoms with Crippen LogP contribution in [0.1, 0.15) is 15.9 Å². The third-order valence-corrected chi connectivity index (χ3v) is 3.93. The van der Waals surface area contributed by atoms with E-state index in [9.17, 15) is 4.79 Å². The Labute approximate surface area is 141 Å². The Balaban J connectivity index is 2.01. The highest BCUT2D eigenvalue weighted by Gasteiger charge is 2.06. The zero-order valence-electron chi connectivity index (χ0n) is 10.9. The molecule has 0 aromatic heterocycles. The molecule has 0 spiro atoms. The van der Waals surface area contributed by atoms with E-state index in [-0.39, 0.29) is 5.56 Å². The summed E-state index contributed by atoms with van der Waals surface area (Å²) in [5.41, 5.74) is 1.96. The lowest BCUT2D eigenvalue weighted by molar-refractivity contribution is 0.0697. The number of hydrogen-bond donors (Lipinski definition) is 2. The fourth-order valence-corrected chi connectivity index (χ4v) is 2.88. The third-order valence-electron chi connectivity index (χ3n) is 2.88. The van der Waals surface area contributed by atoms with Crippen molar-refractivity contribution < 1.29 is 9.90 Å². The highest BCUT2D eigenvalue weighted by molar-refractivity contribution is 9.10. The second-order valence-corrected chi connectivity index (χ2v) is 6.21. The number of benzene rings is 2. The molecule has 0 heterocycles. The van der Waals surface area contributed by atoms with E-state index in [2.05, 4.69) is 21.2 Å². The van der Waals surface area contributed by atoms with E-state index >= 15 is 0 Å². The highest BCUT2D eigenvalue weighted by Crippen LogP contribution is 2.22. The van der Waals surface area contributed by atoms with Gasteiger partial charge < -0.3 is 10.4 Å². The normalized spacial score (nSPS) is 10.4. The summed E-state index contributed by atoms with van der Waals surface area (Å²) in [5.74, 6) is -0.958. The van der Waals surface area contributed by atoms with Crippen molar-refractivity contribution in [2.24, 2.45) is 0 Å². The topological polar surface area (TPSA) is 49.3 Å². The number of halogens is 3. The Morgan fingerprint density at radius 3 is 2.62 bits per heavy atom. The van der Waals surface area contributed by atoms with Crippen LogP contribution in [-0.4, -0.2) is 17.6 Å². The zero-order chi connectivity index (χ0) is 15.4. The first-order chi connectivity index (χ1) is 9.95. The summed E-state index contributed by atoms with van der Waals surface area (Å²) in [6.45, 7) is 0.636. The summed E-state index contributed by atoms with van der Waals surface area (Å²) in [6, 6.07) is 10.4. The molecular weight excluding hydrogens is 377 g/mol. The molecule has 6 heteroatoms. The van der Waals surface area contributed by atoms with Gasteiger partial charge in [-0.05, 0) is 42.3 Å². The van der Waals surface area contributed by atoms with Gasteiger partial charge in [-0.3, -0.25) is 0 Å². The van der Waals surface area contributed by atoms with Crippen molar-refractivity contribution in [1.82, 2.24) is 0 Å². The van der Waals surface area contributed by atoms with Gasteiger partial charge in [-0.15, -0.1) is 0 Å². The molecule has 0 aliphatic carbocycles. The molecule has 2 aromatic rings. The molecule has 2 N–H and O–H groups in total. The predicted molar refractivity (Wildman–Crippen MR) is 89.8 cm³/mol. The van der Waals surface area contributed by atoms with Crippen LogP contribution >= 0.6 is 39.1 Å². The van der Waals surface area contributed by atoms with Gasteiger partial charge in [0, 0.05) is 26.8 Å². The zero-order valence-corrected chi connectivity index (χ0v) is 14.0. The van der Waals surface area contributed by atoms with Crippen molar-refractivity contribution in [2.75, 3.05) is 11.9 Å². The highest BCUT2D eigenvalue weighted by atomic mass is 79.9. The second kappa shape index (κ2) is 7.16. The molecule has 21 heavy (non-hydrogen) atoms. The minimum Gasteiger partial charge on any atom is -0.478 e. The van der Waals surface area contributed by atoms with Crippen LogP contribution in [0.3, 0.4) is 0 Å². The Hall–Kier alpha value is -1.23. The molecule has 0 radical (unpaired) electrons. The maximum absolute atomic E-state index is 11.0.